The van der Waals surface area contributed by atoms with Gasteiger partial charge in [0, 0.05) is 32.1 Å². The van der Waals surface area contributed by atoms with Crippen molar-refractivity contribution >= 4 is 26.8 Å². The van der Waals surface area contributed by atoms with Crippen molar-refractivity contribution in [1.82, 2.24) is 14.5 Å². The molecule has 1 fully saturated rings. The van der Waals surface area contributed by atoms with Gasteiger partial charge in [0.15, 0.2) is 5.82 Å². The smallest absolute Gasteiger partial charge is 0.274 e. The fourth-order valence-corrected chi connectivity index (χ4v) is 3.56. The molecule has 1 aliphatic rings. The Hall–Kier alpha value is -1.97. The van der Waals surface area contributed by atoms with Crippen LogP contribution in [0.4, 0.5) is 5.82 Å². The van der Waals surface area contributed by atoms with Crippen molar-refractivity contribution in [3.63, 3.8) is 0 Å². The summed E-state index contributed by atoms with van der Waals surface area (Å²) in [7, 11) is -1.99. The SMILES string of the molecule is Cn1nc(N2CCC(CNS(N)(=O)=O)CC2)c2ccccc2c1=O. The lowest BCUT2D eigenvalue weighted by molar-refractivity contribution is 0.400. The molecule has 0 radical (unpaired) electrons. The van der Waals surface area contributed by atoms with Crippen molar-refractivity contribution in [2.45, 2.75) is 12.8 Å². The van der Waals surface area contributed by atoms with E-state index >= 15 is 0 Å². The van der Waals surface area contributed by atoms with E-state index in [4.69, 9.17) is 5.14 Å². The second-order valence-electron chi connectivity index (χ2n) is 6.12. The molecule has 8 nitrogen and oxygen atoms in total. The predicted molar refractivity (Wildman–Crippen MR) is 93.0 cm³/mol. The highest BCUT2D eigenvalue weighted by Gasteiger charge is 2.23. The van der Waals surface area contributed by atoms with Crippen molar-refractivity contribution in [2.75, 3.05) is 24.5 Å². The molecular formula is C15H21N5O3S. The van der Waals surface area contributed by atoms with Crippen molar-refractivity contribution in [3.8, 4) is 0 Å². The Kier molecular flexibility index (Phi) is 4.57. The Morgan fingerprint density at radius 2 is 1.88 bits per heavy atom. The average Bonchev–Trinajstić information content (AvgIpc) is 2.56. The number of anilines is 1. The Labute approximate surface area is 140 Å². The average molecular weight is 351 g/mol. The minimum absolute atomic E-state index is 0.110. The van der Waals surface area contributed by atoms with E-state index in [1.807, 2.05) is 24.3 Å². The van der Waals surface area contributed by atoms with Gasteiger partial charge in [0.1, 0.15) is 0 Å². The summed E-state index contributed by atoms with van der Waals surface area (Å²) < 4.78 is 25.7. The lowest BCUT2D eigenvalue weighted by atomic mass is 9.97. The molecule has 1 aromatic heterocycles. The van der Waals surface area contributed by atoms with E-state index in [0.29, 0.717) is 11.9 Å². The Morgan fingerprint density at radius 3 is 2.50 bits per heavy atom. The van der Waals surface area contributed by atoms with E-state index < -0.39 is 10.2 Å². The first kappa shape index (κ1) is 16.9. The number of benzene rings is 1. The van der Waals surface area contributed by atoms with Gasteiger partial charge in [-0.15, -0.1) is 0 Å². The highest BCUT2D eigenvalue weighted by molar-refractivity contribution is 7.87. The molecule has 0 unspecified atom stereocenters. The van der Waals surface area contributed by atoms with Gasteiger partial charge >= 0.3 is 0 Å². The quantitative estimate of drug-likeness (QED) is 0.802. The van der Waals surface area contributed by atoms with Crippen LogP contribution in [-0.4, -0.2) is 37.8 Å². The number of hydrogen-bond acceptors (Lipinski definition) is 5. The molecule has 2 heterocycles. The highest BCUT2D eigenvalue weighted by Crippen LogP contribution is 2.26. The van der Waals surface area contributed by atoms with Crippen molar-refractivity contribution in [1.29, 1.82) is 0 Å². The summed E-state index contributed by atoms with van der Waals surface area (Å²) in [6.07, 6.45) is 1.67. The molecule has 0 amide bonds. The molecule has 24 heavy (non-hydrogen) atoms. The van der Waals surface area contributed by atoms with Gasteiger partial charge in [0.25, 0.3) is 15.8 Å². The van der Waals surface area contributed by atoms with Crippen LogP contribution in [0.1, 0.15) is 12.8 Å². The van der Waals surface area contributed by atoms with Crippen LogP contribution in [-0.2, 0) is 17.3 Å². The number of nitrogens with two attached hydrogens (primary N) is 1. The second kappa shape index (κ2) is 6.50. The summed E-state index contributed by atoms with van der Waals surface area (Å²) in [6.45, 7) is 1.87. The van der Waals surface area contributed by atoms with E-state index in [1.165, 1.54) is 4.68 Å². The minimum atomic E-state index is -3.64. The Bertz CT molecular complexity index is 901. The van der Waals surface area contributed by atoms with Crippen molar-refractivity contribution in [3.05, 3.63) is 34.6 Å². The maximum absolute atomic E-state index is 12.2. The van der Waals surface area contributed by atoms with Crippen LogP contribution in [0.3, 0.4) is 0 Å². The third-order valence-corrected chi connectivity index (χ3v) is 4.99. The molecule has 0 aliphatic carbocycles. The second-order valence-corrected chi connectivity index (χ2v) is 7.50. The van der Waals surface area contributed by atoms with Crippen LogP contribution in [0.2, 0.25) is 0 Å². The molecule has 0 bridgehead atoms. The minimum Gasteiger partial charge on any atom is -0.355 e. The first-order valence-electron chi connectivity index (χ1n) is 7.83. The number of nitrogens with one attached hydrogen (secondary N) is 1. The number of hydrogen-bond donors (Lipinski definition) is 2. The summed E-state index contributed by atoms with van der Waals surface area (Å²) in [5, 5.41) is 10.9. The van der Waals surface area contributed by atoms with Gasteiger partial charge in [-0.3, -0.25) is 4.79 Å². The van der Waals surface area contributed by atoms with Gasteiger partial charge < -0.3 is 4.90 Å². The number of nitrogens with zero attached hydrogens (tertiary/aromatic N) is 3. The zero-order valence-corrected chi connectivity index (χ0v) is 14.3. The summed E-state index contributed by atoms with van der Waals surface area (Å²) >= 11 is 0. The highest BCUT2D eigenvalue weighted by atomic mass is 32.2. The lowest BCUT2D eigenvalue weighted by Crippen LogP contribution is -2.41. The van der Waals surface area contributed by atoms with Crippen LogP contribution in [0.5, 0.6) is 0 Å². The molecular weight excluding hydrogens is 330 g/mol. The Balaban J connectivity index is 1.79. The lowest BCUT2D eigenvalue weighted by Gasteiger charge is -2.33. The van der Waals surface area contributed by atoms with E-state index in [0.717, 1.165) is 37.1 Å². The van der Waals surface area contributed by atoms with E-state index in [2.05, 4.69) is 14.7 Å². The maximum Gasteiger partial charge on any atom is 0.274 e. The Morgan fingerprint density at radius 1 is 1.25 bits per heavy atom. The van der Waals surface area contributed by atoms with Gasteiger partial charge in [0.05, 0.1) is 5.39 Å². The molecule has 0 saturated carbocycles. The number of aryl methyl sites for hydroxylation is 1. The van der Waals surface area contributed by atoms with Crippen LogP contribution in [0, 0.1) is 5.92 Å². The molecule has 3 N–H and O–H groups in total. The van der Waals surface area contributed by atoms with Crippen molar-refractivity contribution < 1.29 is 8.42 Å². The molecule has 9 heteroatoms. The normalized spacial score (nSPS) is 16.7. The first-order chi connectivity index (χ1) is 11.3. The molecule has 1 aromatic carbocycles. The molecule has 0 spiro atoms. The fraction of sp³-hybridized carbons (Fsp3) is 0.467. The first-order valence-corrected chi connectivity index (χ1v) is 9.38. The molecule has 3 rings (SSSR count). The van der Waals surface area contributed by atoms with Crippen molar-refractivity contribution in [2.24, 2.45) is 18.1 Å². The van der Waals surface area contributed by atoms with Crippen LogP contribution < -0.4 is 20.3 Å². The predicted octanol–water partition coefficient (Wildman–Crippen LogP) is -0.0570. The summed E-state index contributed by atoms with van der Waals surface area (Å²) in [4.78, 5) is 14.3. The monoisotopic (exact) mass is 351 g/mol. The van der Waals surface area contributed by atoms with Gasteiger partial charge in [-0.2, -0.15) is 13.5 Å². The standard InChI is InChI=1S/C15H21N5O3S/c1-19-15(21)13-5-3-2-4-12(13)14(18-19)20-8-6-11(7-9-20)10-17-24(16,22)23/h2-5,11,17H,6-10H2,1H3,(H2,16,22,23). The van der Waals surface area contributed by atoms with Gasteiger partial charge in [0.2, 0.25) is 0 Å². The van der Waals surface area contributed by atoms with E-state index in [-0.39, 0.29) is 11.5 Å². The molecule has 2 aromatic rings. The molecule has 1 aliphatic heterocycles. The largest absolute Gasteiger partial charge is 0.355 e. The molecule has 0 atom stereocenters. The van der Waals surface area contributed by atoms with Gasteiger partial charge in [-0.05, 0) is 24.8 Å². The fourth-order valence-electron chi connectivity index (χ4n) is 3.10. The number of fused-ring (bicyclic) bond motifs is 1. The number of rotatable bonds is 4. The summed E-state index contributed by atoms with van der Waals surface area (Å²) in [5.41, 5.74) is -0.110. The number of aromatic nitrogens is 2. The van der Waals surface area contributed by atoms with Crippen LogP contribution in [0.25, 0.3) is 10.8 Å². The number of piperidine rings is 1. The zero-order chi connectivity index (χ0) is 17.3. The van der Waals surface area contributed by atoms with Gasteiger partial charge in [-0.1, -0.05) is 18.2 Å². The topological polar surface area (TPSA) is 110 Å². The van der Waals surface area contributed by atoms with E-state index in [9.17, 15) is 13.2 Å². The zero-order valence-electron chi connectivity index (χ0n) is 13.5. The van der Waals surface area contributed by atoms with Gasteiger partial charge in [-0.25, -0.2) is 14.5 Å². The third kappa shape index (κ3) is 3.58. The maximum atomic E-state index is 12.2. The van der Waals surface area contributed by atoms with Crippen LogP contribution in [0.15, 0.2) is 29.1 Å². The van der Waals surface area contributed by atoms with Crippen LogP contribution >= 0.6 is 0 Å². The van der Waals surface area contributed by atoms with E-state index in [1.54, 1.807) is 7.05 Å². The summed E-state index contributed by atoms with van der Waals surface area (Å²) in [5.74, 6) is 1.05. The summed E-state index contributed by atoms with van der Waals surface area (Å²) in [6, 6.07) is 7.47. The molecule has 1 saturated heterocycles. The third-order valence-electron chi connectivity index (χ3n) is 4.42. The molecule has 130 valence electrons.